The molecule has 0 saturated heterocycles. The molecule has 0 aliphatic heterocycles. The fourth-order valence-corrected chi connectivity index (χ4v) is 2.95. The predicted octanol–water partition coefficient (Wildman–Crippen LogP) is 3.60. The third-order valence-electron chi connectivity index (χ3n) is 3.54. The Morgan fingerprint density at radius 2 is 2.00 bits per heavy atom. The number of rotatable bonds is 5. The molecule has 0 aliphatic carbocycles. The third-order valence-corrected chi connectivity index (χ3v) is 4.30. The summed E-state index contributed by atoms with van der Waals surface area (Å²) in [5.74, 6) is 0.925. The van der Waals surface area contributed by atoms with Crippen molar-refractivity contribution in [3.8, 4) is 11.5 Å². The maximum absolute atomic E-state index is 12.3. The molecule has 0 radical (unpaired) electrons. The Hall–Kier alpha value is -2.93. The van der Waals surface area contributed by atoms with Crippen molar-refractivity contribution in [2.45, 2.75) is 20.4 Å². The lowest BCUT2D eigenvalue weighted by Crippen LogP contribution is -2.18. The highest BCUT2D eigenvalue weighted by Gasteiger charge is 2.13. The first-order valence-electron chi connectivity index (χ1n) is 7.69. The fraction of sp³-hybridized carbons (Fsp3) is 0.167. The minimum Gasteiger partial charge on any atom is -0.458 e. The lowest BCUT2D eigenvalue weighted by molar-refractivity contribution is -0.119. The van der Waals surface area contributed by atoms with E-state index in [9.17, 15) is 9.59 Å². The SMILES string of the molecule is CC(=O)NCc1ccc(-c2csc(NC(=O)c3ccccc3C)n2)o1. The first kappa shape index (κ1) is 16.9. The van der Waals surface area contributed by atoms with Gasteiger partial charge in [0.1, 0.15) is 11.5 Å². The highest BCUT2D eigenvalue weighted by molar-refractivity contribution is 7.14. The number of nitrogens with one attached hydrogen (secondary N) is 2. The Bertz CT molecular complexity index is 914. The van der Waals surface area contributed by atoms with E-state index in [-0.39, 0.29) is 11.8 Å². The summed E-state index contributed by atoms with van der Waals surface area (Å²) in [4.78, 5) is 27.7. The number of carbonyl (C=O) groups excluding carboxylic acids is 2. The maximum Gasteiger partial charge on any atom is 0.257 e. The van der Waals surface area contributed by atoms with Crippen LogP contribution in [0.15, 0.2) is 46.2 Å². The molecule has 2 heterocycles. The third kappa shape index (κ3) is 4.13. The molecule has 7 heteroatoms. The second kappa shape index (κ2) is 7.31. The van der Waals surface area contributed by atoms with E-state index in [2.05, 4.69) is 15.6 Å². The quantitative estimate of drug-likeness (QED) is 0.732. The van der Waals surface area contributed by atoms with Crippen LogP contribution in [0.2, 0.25) is 0 Å². The van der Waals surface area contributed by atoms with Crippen molar-refractivity contribution in [3.63, 3.8) is 0 Å². The number of benzene rings is 1. The Labute approximate surface area is 148 Å². The Morgan fingerprint density at radius 3 is 2.76 bits per heavy atom. The molecule has 3 aromatic rings. The van der Waals surface area contributed by atoms with Crippen molar-refractivity contribution in [3.05, 3.63) is 58.7 Å². The topological polar surface area (TPSA) is 84.2 Å². The van der Waals surface area contributed by atoms with Gasteiger partial charge in [0.15, 0.2) is 10.9 Å². The molecule has 2 N–H and O–H groups in total. The van der Waals surface area contributed by atoms with Crippen LogP contribution in [-0.4, -0.2) is 16.8 Å². The van der Waals surface area contributed by atoms with Gasteiger partial charge in [0, 0.05) is 17.9 Å². The average molecular weight is 355 g/mol. The molecule has 25 heavy (non-hydrogen) atoms. The molecule has 0 bridgehead atoms. The molecule has 128 valence electrons. The van der Waals surface area contributed by atoms with Crippen LogP contribution < -0.4 is 10.6 Å². The number of anilines is 1. The standard InChI is InChI=1S/C18H17N3O3S/c1-11-5-3-4-6-14(11)17(23)21-18-20-15(10-25-18)16-8-7-13(24-16)9-19-12(2)22/h3-8,10H,9H2,1-2H3,(H,19,22)(H,20,21,23). The zero-order chi connectivity index (χ0) is 17.8. The molecule has 0 aliphatic rings. The first-order valence-corrected chi connectivity index (χ1v) is 8.57. The summed E-state index contributed by atoms with van der Waals surface area (Å²) < 4.78 is 5.66. The lowest BCUT2D eigenvalue weighted by Gasteiger charge is -2.04. The summed E-state index contributed by atoms with van der Waals surface area (Å²) in [5.41, 5.74) is 2.17. The Morgan fingerprint density at radius 1 is 1.20 bits per heavy atom. The zero-order valence-corrected chi connectivity index (χ0v) is 14.6. The molecule has 0 atom stereocenters. The van der Waals surface area contributed by atoms with E-state index in [1.54, 1.807) is 18.2 Å². The van der Waals surface area contributed by atoms with Gasteiger partial charge in [-0.1, -0.05) is 18.2 Å². The molecule has 6 nitrogen and oxygen atoms in total. The minimum absolute atomic E-state index is 0.118. The highest BCUT2D eigenvalue weighted by Crippen LogP contribution is 2.27. The van der Waals surface area contributed by atoms with Gasteiger partial charge in [0.05, 0.1) is 6.54 Å². The molecule has 2 aromatic heterocycles. The number of aryl methyl sites for hydroxylation is 1. The maximum atomic E-state index is 12.3. The number of carbonyl (C=O) groups is 2. The highest BCUT2D eigenvalue weighted by atomic mass is 32.1. The summed E-state index contributed by atoms with van der Waals surface area (Å²) >= 11 is 1.33. The Kier molecular flexibility index (Phi) is 4.95. The van der Waals surface area contributed by atoms with Crippen molar-refractivity contribution < 1.29 is 14.0 Å². The minimum atomic E-state index is -0.190. The predicted molar refractivity (Wildman–Crippen MR) is 96.5 cm³/mol. The van der Waals surface area contributed by atoms with Crippen molar-refractivity contribution >= 4 is 28.3 Å². The van der Waals surface area contributed by atoms with Gasteiger partial charge in [0.2, 0.25) is 5.91 Å². The number of furan rings is 1. The second-order valence-electron chi connectivity index (χ2n) is 5.48. The van der Waals surface area contributed by atoms with Crippen LogP contribution in [0.25, 0.3) is 11.5 Å². The molecule has 2 amide bonds. The van der Waals surface area contributed by atoms with E-state index in [1.807, 2.05) is 30.5 Å². The van der Waals surface area contributed by atoms with Crippen molar-refractivity contribution in [2.24, 2.45) is 0 Å². The molecule has 0 unspecified atom stereocenters. The largest absolute Gasteiger partial charge is 0.458 e. The van der Waals surface area contributed by atoms with Crippen molar-refractivity contribution in [1.29, 1.82) is 0 Å². The molecule has 0 spiro atoms. The summed E-state index contributed by atoms with van der Waals surface area (Å²) in [6, 6.07) is 11.0. The van der Waals surface area contributed by atoms with E-state index in [4.69, 9.17) is 4.42 Å². The Balaban J connectivity index is 1.69. The van der Waals surface area contributed by atoms with Gasteiger partial charge in [-0.15, -0.1) is 11.3 Å². The van der Waals surface area contributed by atoms with Gasteiger partial charge < -0.3 is 9.73 Å². The van der Waals surface area contributed by atoms with Crippen LogP contribution in [0.1, 0.15) is 28.6 Å². The summed E-state index contributed by atoms with van der Waals surface area (Å²) in [7, 11) is 0. The average Bonchev–Trinajstić information content (AvgIpc) is 3.22. The first-order chi connectivity index (χ1) is 12.0. The van der Waals surface area contributed by atoms with Gasteiger partial charge >= 0.3 is 0 Å². The molecular formula is C18H17N3O3S. The number of amides is 2. The summed E-state index contributed by atoms with van der Waals surface area (Å²) in [5, 5.41) is 7.80. The summed E-state index contributed by atoms with van der Waals surface area (Å²) in [6.07, 6.45) is 0. The monoisotopic (exact) mass is 355 g/mol. The van der Waals surface area contributed by atoms with E-state index >= 15 is 0 Å². The number of hydrogen-bond acceptors (Lipinski definition) is 5. The van der Waals surface area contributed by atoms with Crippen LogP contribution in [0.3, 0.4) is 0 Å². The van der Waals surface area contributed by atoms with Gasteiger partial charge in [-0.2, -0.15) is 0 Å². The van der Waals surface area contributed by atoms with Crippen LogP contribution in [-0.2, 0) is 11.3 Å². The number of aromatic nitrogens is 1. The van der Waals surface area contributed by atoms with Crippen LogP contribution in [0, 0.1) is 6.92 Å². The van der Waals surface area contributed by atoms with Crippen LogP contribution >= 0.6 is 11.3 Å². The number of thiazole rings is 1. The van der Waals surface area contributed by atoms with Gasteiger partial charge in [-0.25, -0.2) is 4.98 Å². The van der Waals surface area contributed by atoms with Crippen molar-refractivity contribution in [1.82, 2.24) is 10.3 Å². The number of nitrogens with zero attached hydrogens (tertiary/aromatic N) is 1. The summed E-state index contributed by atoms with van der Waals surface area (Å²) in [6.45, 7) is 3.67. The van der Waals surface area contributed by atoms with Crippen LogP contribution in [0.4, 0.5) is 5.13 Å². The smallest absolute Gasteiger partial charge is 0.257 e. The van der Waals surface area contributed by atoms with E-state index < -0.39 is 0 Å². The molecule has 1 aromatic carbocycles. The number of hydrogen-bond donors (Lipinski definition) is 2. The molecule has 0 saturated carbocycles. The molecular weight excluding hydrogens is 338 g/mol. The van der Waals surface area contributed by atoms with Gasteiger partial charge in [-0.05, 0) is 30.7 Å². The van der Waals surface area contributed by atoms with E-state index in [0.29, 0.717) is 34.5 Å². The van der Waals surface area contributed by atoms with Crippen LogP contribution in [0.5, 0.6) is 0 Å². The van der Waals surface area contributed by atoms with Crippen molar-refractivity contribution in [2.75, 3.05) is 5.32 Å². The second-order valence-corrected chi connectivity index (χ2v) is 6.34. The van der Waals surface area contributed by atoms with E-state index in [0.717, 1.165) is 5.56 Å². The van der Waals surface area contributed by atoms with Gasteiger partial charge in [-0.3, -0.25) is 14.9 Å². The normalized spacial score (nSPS) is 10.5. The zero-order valence-electron chi connectivity index (χ0n) is 13.8. The molecule has 3 rings (SSSR count). The van der Waals surface area contributed by atoms with E-state index in [1.165, 1.54) is 18.3 Å². The lowest BCUT2D eigenvalue weighted by atomic mass is 10.1. The fourth-order valence-electron chi connectivity index (χ4n) is 2.26. The molecule has 0 fully saturated rings. The van der Waals surface area contributed by atoms with Gasteiger partial charge in [0.25, 0.3) is 5.91 Å².